The predicted octanol–water partition coefficient (Wildman–Crippen LogP) is 10.9. The van der Waals surface area contributed by atoms with Crippen LogP contribution in [0.2, 0.25) is 0 Å². The molecule has 242 valence electrons. The normalized spacial score (nSPS) is 11.4. The minimum Gasteiger partial charge on any atom is -0.309 e. The molecule has 0 aliphatic rings. The van der Waals surface area contributed by atoms with Crippen LogP contribution in [0.4, 0.5) is 0 Å². The number of benzene rings is 7. The van der Waals surface area contributed by atoms with Gasteiger partial charge in [0, 0.05) is 49.6 Å². The lowest BCUT2D eigenvalue weighted by molar-refractivity contribution is 1.07. The van der Waals surface area contributed by atoms with Crippen LogP contribution < -0.4 is 0 Å². The highest BCUT2D eigenvalue weighted by Gasteiger charge is 2.22. The topological polar surface area (TPSA) is 72.3 Å². The summed E-state index contributed by atoms with van der Waals surface area (Å²) in [6.07, 6.45) is 0. The van der Waals surface area contributed by atoms with Crippen LogP contribution >= 0.6 is 0 Å². The first-order valence-electron chi connectivity index (χ1n) is 17.2. The Morgan fingerprint density at radius 1 is 0.404 bits per heavy atom. The molecule has 52 heavy (non-hydrogen) atoms. The molecule has 6 nitrogen and oxygen atoms in total. The number of fused-ring (bicyclic) bond motifs is 7. The predicted molar refractivity (Wildman–Crippen MR) is 210 cm³/mol. The van der Waals surface area contributed by atoms with Crippen molar-refractivity contribution >= 4 is 43.6 Å². The van der Waals surface area contributed by atoms with Crippen LogP contribution in [0.25, 0.3) is 89.2 Å². The zero-order chi connectivity index (χ0) is 34.6. The molecule has 0 fully saturated rings. The minimum absolute atomic E-state index is 0.597. The number of hydrogen-bond acceptors (Lipinski definition) is 4. The van der Waals surface area contributed by atoms with E-state index in [0.29, 0.717) is 23.0 Å². The molecule has 0 aliphatic carbocycles. The van der Waals surface area contributed by atoms with Crippen LogP contribution in [0.1, 0.15) is 5.56 Å². The molecule has 6 heteroatoms. The van der Waals surface area contributed by atoms with E-state index in [1.807, 2.05) is 78.9 Å². The van der Waals surface area contributed by atoms with Gasteiger partial charge in [0.15, 0.2) is 17.5 Å². The Morgan fingerprint density at radius 2 is 0.962 bits per heavy atom. The van der Waals surface area contributed by atoms with Gasteiger partial charge in [-0.1, -0.05) is 115 Å². The molecule has 0 spiro atoms. The van der Waals surface area contributed by atoms with E-state index in [4.69, 9.17) is 15.0 Å². The standard InChI is InChI=1S/C46H28N6/c47-29-30-23-25-40-38(27-30)42-41(51(40)34-18-8-3-9-19-34)26-24-37-36-21-10-11-22-39(36)52(43(37)42)35-20-12-17-33(28-35)46-49-44(31-13-4-1-5-14-31)48-45(50-46)32-15-6-2-7-16-32/h1-28H. The quantitative estimate of drug-likeness (QED) is 0.184. The lowest BCUT2D eigenvalue weighted by Gasteiger charge is -2.12. The zero-order valence-corrected chi connectivity index (χ0v) is 27.8. The summed E-state index contributed by atoms with van der Waals surface area (Å²) in [6, 6.07) is 60.3. The molecule has 0 radical (unpaired) electrons. The Bertz CT molecular complexity index is 2950. The Balaban J connectivity index is 1.27. The first-order chi connectivity index (χ1) is 25.7. The van der Waals surface area contributed by atoms with Crippen molar-refractivity contribution in [1.29, 1.82) is 5.26 Å². The van der Waals surface area contributed by atoms with Gasteiger partial charge in [0.2, 0.25) is 0 Å². The van der Waals surface area contributed by atoms with E-state index in [1.54, 1.807) is 0 Å². The van der Waals surface area contributed by atoms with E-state index in [2.05, 4.69) is 106 Å². The molecule has 7 aromatic carbocycles. The van der Waals surface area contributed by atoms with Gasteiger partial charge >= 0.3 is 0 Å². The summed E-state index contributed by atoms with van der Waals surface area (Å²) in [5.74, 6) is 1.84. The third kappa shape index (κ3) is 4.68. The summed E-state index contributed by atoms with van der Waals surface area (Å²) in [7, 11) is 0. The second-order valence-corrected chi connectivity index (χ2v) is 12.8. The van der Waals surface area contributed by atoms with E-state index in [-0.39, 0.29) is 0 Å². The maximum atomic E-state index is 10.00. The highest BCUT2D eigenvalue weighted by atomic mass is 15.0. The molecule has 0 saturated heterocycles. The van der Waals surface area contributed by atoms with Gasteiger partial charge in [-0.25, -0.2) is 15.0 Å². The fraction of sp³-hybridized carbons (Fsp3) is 0. The maximum absolute atomic E-state index is 10.00. The van der Waals surface area contributed by atoms with Gasteiger partial charge in [0.1, 0.15) is 0 Å². The van der Waals surface area contributed by atoms with Crippen LogP contribution in [-0.2, 0) is 0 Å². The zero-order valence-electron chi connectivity index (χ0n) is 27.8. The molecule has 0 aliphatic heterocycles. The number of rotatable bonds is 5. The average molecular weight is 665 g/mol. The lowest BCUT2D eigenvalue weighted by atomic mass is 10.1. The molecule has 0 saturated carbocycles. The lowest BCUT2D eigenvalue weighted by Crippen LogP contribution is -2.01. The Kier molecular flexibility index (Phi) is 6.76. The summed E-state index contributed by atoms with van der Waals surface area (Å²) in [4.78, 5) is 15.0. The molecule has 0 N–H and O–H groups in total. The summed E-state index contributed by atoms with van der Waals surface area (Å²) < 4.78 is 4.65. The number of nitriles is 1. The minimum atomic E-state index is 0.597. The maximum Gasteiger partial charge on any atom is 0.164 e. The Hall–Kier alpha value is -7.36. The van der Waals surface area contributed by atoms with Crippen molar-refractivity contribution in [2.24, 2.45) is 0 Å². The summed E-state index contributed by atoms with van der Waals surface area (Å²) >= 11 is 0. The molecule has 0 unspecified atom stereocenters. The van der Waals surface area contributed by atoms with Crippen molar-refractivity contribution in [1.82, 2.24) is 24.1 Å². The average Bonchev–Trinajstić information content (AvgIpc) is 3.74. The Morgan fingerprint density at radius 3 is 1.65 bits per heavy atom. The van der Waals surface area contributed by atoms with Crippen molar-refractivity contribution in [2.75, 3.05) is 0 Å². The molecule has 10 rings (SSSR count). The van der Waals surface area contributed by atoms with E-state index in [1.165, 1.54) is 0 Å². The fourth-order valence-electron chi connectivity index (χ4n) is 7.47. The molecule has 10 aromatic rings. The SMILES string of the molecule is N#Cc1ccc2c(c1)c1c(ccc3c4ccccc4n(-c4cccc(-c5nc(-c6ccccc6)nc(-c6ccccc6)n5)c4)c31)n2-c1ccccc1. The summed E-state index contributed by atoms with van der Waals surface area (Å²) in [5.41, 5.74) is 9.69. The third-order valence-electron chi connectivity index (χ3n) is 9.77. The number of hydrogen-bond donors (Lipinski definition) is 0. The van der Waals surface area contributed by atoms with Crippen molar-refractivity contribution in [3.05, 3.63) is 175 Å². The van der Waals surface area contributed by atoms with Gasteiger partial charge in [-0.05, 0) is 54.6 Å². The van der Waals surface area contributed by atoms with Crippen LogP contribution in [0.5, 0.6) is 0 Å². The van der Waals surface area contributed by atoms with Gasteiger partial charge in [-0.2, -0.15) is 5.26 Å². The van der Waals surface area contributed by atoms with Crippen LogP contribution in [-0.4, -0.2) is 24.1 Å². The van der Waals surface area contributed by atoms with E-state index in [0.717, 1.165) is 71.7 Å². The number of nitrogens with zero attached hydrogens (tertiary/aromatic N) is 6. The first-order valence-corrected chi connectivity index (χ1v) is 17.2. The molecule has 0 atom stereocenters. The van der Waals surface area contributed by atoms with Crippen molar-refractivity contribution < 1.29 is 0 Å². The van der Waals surface area contributed by atoms with Crippen LogP contribution in [0, 0.1) is 11.3 Å². The molecule has 3 aromatic heterocycles. The molecular weight excluding hydrogens is 637 g/mol. The van der Waals surface area contributed by atoms with Crippen molar-refractivity contribution in [3.8, 4) is 51.6 Å². The summed E-state index contributed by atoms with van der Waals surface area (Å²) in [6.45, 7) is 0. The highest BCUT2D eigenvalue weighted by molar-refractivity contribution is 6.26. The number of aromatic nitrogens is 5. The van der Waals surface area contributed by atoms with Gasteiger partial charge in [-0.15, -0.1) is 0 Å². The van der Waals surface area contributed by atoms with Gasteiger partial charge in [0.05, 0.1) is 33.7 Å². The molecular formula is C46H28N6. The summed E-state index contributed by atoms with van der Waals surface area (Å²) in [5, 5.41) is 14.4. The van der Waals surface area contributed by atoms with E-state index >= 15 is 0 Å². The van der Waals surface area contributed by atoms with Crippen LogP contribution in [0.3, 0.4) is 0 Å². The first kappa shape index (κ1) is 29.5. The molecule has 0 amide bonds. The van der Waals surface area contributed by atoms with Crippen molar-refractivity contribution in [2.45, 2.75) is 0 Å². The molecule has 3 heterocycles. The van der Waals surface area contributed by atoms with Gasteiger partial charge < -0.3 is 9.13 Å². The highest BCUT2D eigenvalue weighted by Crippen LogP contribution is 2.42. The van der Waals surface area contributed by atoms with Gasteiger partial charge in [-0.3, -0.25) is 0 Å². The second-order valence-electron chi connectivity index (χ2n) is 12.8. The smallest absolute Gasteiger partial charge is 0.164 e. The third-order valence-corrected chi connectivity index (χ3v) is 9.77. The monoisotopic (exact) mass is 664 g/mol. The van der Waals surface area contributed by atoms with E-state index in [9.17, 15) is 5.26 Å². The van der Waals surface area contributed by atoms with Crippen LogP contribution in [0.15, 0.2) is 170 Å². The van der Waals surface area contributed by atoms with E-state index < -0.39 is 0 Å². The Labute approximate surface area is 299 Å². The fourth-order valence-corrected chi connectivity index (χ4v) is 7.47. The van der Waals surface area contributed by atoms with Crippen molar-refractivity contribution in [3.63, 3.8) is 0 Å². The second kappa shape index (κ2) is 11.9. The van der Waals surface area contributed by atoms with Gasteiger partial charge in [0.25, 0.3) is 0 Å². The largest absolute Gasteiger partial charge is 0.309 e. The molecule has 0 bridgehead atoms. The number of para-hydroxylation sites is 2.